The van der Waals surface area contributed by atoms with Crippen LogP contribution in [0.1, 0.15) is 34.1 Å². The third-order valence-electron chi connectivity index (χ3n) is 2.57. The monoisotopic (exact) mass is 273 g/mol. The van der Waals surface area contributed by atoms with Crippen molar-refractivity contribution in [1.29, 1.82) is 0 Å². The van der Waals surface area contributed by atoms with E-state index in [0.717, 1.165) is 0 Å². The molecule has 0 saturated heterocycles. The van der Waals surface area contributed by atoms with E-state index in [9.17, 15) is 14.4 Å². The zero-order chi connectivity index (χ0) is 15.2. The Morgan fingerprint density at radius 2 is 1.63 bits per heavy atom. The van der Waals surface area contributed by atoms with Gasteiger partial charge in [0.15, 0.2) is 0 Å². The second-order valence-corrected chi connectivity index (χ2v) is 5.26. The average molecular weight is 273 g/mol. The number of hydrogen-bond donors (Lipinski definition) is 4. The molecular formula is C12H23N3O4. The van der Waals surface area contributed by atoms with Gasteiger partial charge in [-0.25, -0.2) is 9.59 Å². The van der Waals surface area contributed by atoms with Gasteiger partial charge in [-0.15, -0.1) is 0 Å². The Hall–Kier alpha value is -1.79. The van der Waals surface area contributed by atoms with E-state index in [0.29, 0.717) is 6.42 Å². The molecule has 0 aliphatic carbocycles. The van der Waals surface area contributed by atoms with E-state index in [1.807, 2.05) is 13.8 Å². The van der Waals surface area contributed by atoms with Crippen molar-refractivity contribution in [1.82, 2.24) is 10.6 Å². The minimum absolute atomic E-state index is 0.157. The number of amides is 3. The van der Waals surface area contributed by atoms with Crippen molar-refractivity contribution in [3.05, 3.63) is 0 Å². The lowest BCUT2D eigenvalue weighted by molar-refractivity contribution is -0.143. The van der Waals surface area contributed by atoms with Crippen molar-refractivity contribution < 1.29 is 19.5 Å². The number of primary amides is 1. The smallest absolute Gasteiger partial charge is 0.326 e. The van der Waals surface area contributed by atoms with Crippen molar-refractivity contribution in [2.24, 2.45) is 17.6 Å². The first-order chi connectivity index (χ1) is 8.65. The Morgan fingerprint density at radius 1 is 1.11 bits per heavy atom. The molecule has 1 unspecified atom stereocenters. The van der Waals surface area contributed by atoms with Crippen molar-refractivity contribution in [3.63, 3.8) is 0 Å². The Bertz CT molecular complexity index is 342. The van der Waals surface area contributed by atoms with Gasteiger partial charge in [-0.05, 0) is 18.3 Å². The first-order valence-corrected chi connectivity index (χ1v) is 6.24. The Kier molecular flexibility index (Phi) is 6.89. The molecule has 0 bridgehead atoms. The van der Waals surface area contributed by atoms with Crippen molar-refractivity contribution in [3.8, 4) is 0 Å². The molecule has 110 valence electrons. The predicted molar refractivity (Wildman–Crippen MR) is 70.4 cm³/mol. The van der Waals surface area contributed by atoms with E-state index in [1.165, 1.54) is 0 Å². The van der Waals surface area contributed by atoms with Gasteiger partial charge in [0.2, 0.25) is 5.91 Å². The van der Waals surface area contributed by atoms with Gasteiger partial charge in [0.1, 0.15) is 12.1 Å². The molecule has 0 aromatic heterocycles. The Balaban J connectivity index is 4.78. The highest BCUT2D eigenvalue weighted by Gasteiger charge is 2.28. The molecule has 0 aromatic rings. The number of urea groups is 1. The highest BCUT2D eigenvalue weighted by atomic mass is 16.4. The SMILES string of the molecule is CC(C)CC(NC(N)=O)C(=O)N[C@@H](C(=O)O)C(C)C. The minimum Gasteiger partial charge on any atom is -0.480 e. The largest absolute Gasteiger partial charge is 0.480 e. The lowest BCUT2D eigenvalue weighted by Crippen LogP contribution is -2.54. The number of hydrogen-bond acceptors (Lipinski definition) is 3. The minimum atomic E-state index is -1.11. The lowest BCUT2D eigenvalue weighted by atomic mass is 10.0. The topological polar surface area (TPSA) is 122 Å². The summed E-state index contributed by atoms with van der Waals surface area (Å²) in [5, 5.41) is 13.8. The van der Waals surface area contributed by atoms with Crippen LogP contribution in [0.5, 0.6) is 0 Å². The summed E-state index contributed by atoms with van der Waals surface area (Å²) in [5.41, 5.74) is 5.01. The van der Waals surface area contributed by atoms with Crippen LogP contribution in [-0.2, 0) is 9.59 Å². The highest BCUT2D eigenvalue weighted by molar-refractivity contribution is 5.89. The van der Waals surface area contributed by atoms with E-state index in [1.54, 1.807) is 13.8 Å². The maximum Gasteiger partial charge on any atom is 0.326 e. The average Bonchev–Trinajstić information content (AvgIpc) is 2.22. The maximum atomic E-state index is 12.0. The summed E-state index contributed by atoms with van der Waals surface area (Å²) in [5.74, 6) is -1.74. The molecule has 5 N–H and O–H groups in total. The highest BCUT2D eigenvalue weighted by Crippen LogP contribution is 2.07. The molecule has 2 atom stereocenters. The van der Waals surface area contributed by atoms with Crippen molar-refractivity contribution >= 4 is 17.9 Å². The van der Waals surface area contributed by atoms with Gasteiger partial charge in [0.05, 0.1) is 0 Å². The lowest BCUT2D eigenvalue weighted by Gasteiger charge is -2.23. The molecule has 0 rings (SSSR count). The summed E-state index contributed by atoms with van der Waals surface area (Å²) in [4.78, 5) is 33.9. The summed E-state index contributed by atoms with van der Waals surface area (Å²) in [6, 6.07) is -2.62. The summed E-state index contributed by atoms with van der Waals surface area (Å²) in [6.45, 7) is 7.16. The number of carbonyl (C=O) groups is 3. The molecule has 0 aromatic carbocycles. The number of carboxylic acids is 1. The number of aliphatic carboxylic acids is 1. The summed E-state index contributed by atoms with van der Waals surface area (Å²) >= 11 is 0. The van der Waals surface area contributed by atoms with Gasteiger partial charge in [0.25, 0.3) is 0 Å². The van der Waals surface area contributed by atoms with Crippen LogP contribution in [0.3, 0.4) is 0 Å². The molecule has 3 amide bonds. The molecule has 0 saturated carbocycles. The third-order valence-corrected chi connectivity index (χ3v) is 2.57. The van der Waals surface area contributed by atoms with Gasteiger partial charge in [-0.3, -0.25) is 4.79 Å². The fraction of sp³-hybridized carbons (Fsp3) is 0.750. The van der Waals surface area contributed by atoms with Crippen LogP contribution in [0.15, 0.2) is 0 Å². The molecule has 0 heterocycles. The molecule has 0 fully saturated rings. The number of carboxylic acid groups (broad SMARTS) is 1. The normalized spacial score (nSPS) is 14.0. The van der Waals surface area contributed by atoms with Gasteiger partial charge < -0.3 is 21.5 Å². The van der Waals surface area contributed by atoms with E-state index in [2.05, 4.69) is 10.6 Å². The predicted octanol–water partition coefficient (Wildman–Crippen LogP) is 0.295. The fourth-order valence-electron chi connectivity index (χ4n) is 1.64. The van der Waals surface area contributed by atoms with Gasteiger partial charge in [0, 0.05) is 0 Å². The number of nitrogens with two attached hydrogens (primary N) is 1. The second-order valence-electron chi connectivity index (χ2n) is 5.26. The molecular weight excluding hydrogens is 250 g/mol. The third kappa shape index (κ3) is 6.64. The molecule has 0 aliphatic rings. The molecule has 7 nitrogen and oxygen atoms in total. The quantitative estimate of drug-likeness (QED) is 0.532. The van der Waals surface area contributed by atoms with E-state index in [4.69, 9.17) is 10.8 Å². The van der Waals surface area contributed by atoms with Crippen LogP contribution in [0.25, 0.3) is 0 Å². The number of carbonyl (C=O) groups excluding carboxylic acids is 2. The van der Waals surface area contributed by atoms with Crippen LogP contribution in [0.4, 0.5) is 4.79 Å². The van der Waals surface area contributed by atoms with Gasteiger partial charge in [-0.2, -0.15) is 0 Å². The number of rotatable bonds is 7. The van der Waals surface area contributed by atoms with Crippen LogP contribution in [0.2, 0.25) is 0 Å². The first kappa shape index (κ1) is 17.2. The molecule has 0 spiro atoms. The molecule has 0 aliphatic heterocycles. The first-order valence-electron chi connectivity index (χ1n) is 6.24. The van der Waals surface area contributed by atoms with Gasteiger partial charge in [-0.1, -0.05) is 27.7 Å². The Labute approximate surface area is 112 Å². The summed E-state index contributed by atoms with van der Waals surface area (Å²) in [7, 11) is 0. The summed E-state index contributed by atoms with van der Waals surface area (Å²) in [6.07, 6.45) is 0.388. The van der Waals surface area contributed by atoms with E-state index in [-0.39, 0.29) is 11.8 Å². The van der Waals surface area contributed by atoms with E-state index < -0.39 is 30.0 Å². The van der Waals surface area contributed by atoms with Crippen LogP contribution < -0.4 is 16.4 Å². The van der Waals surface area contributed by atoms with Crippen LogP contribution >= 0.6 is 0 Å². The van der Waals surface area contributed by atoms with E-state index >= 15 is 0 Å². The Morgan fingerprint density at radius 3 is 1.95 bits per heavy atom. The van der Waals surface area contributed by atoms with Crippen molar-refractivity contribution in [2.75, 3.05) is 0 Å². The molecule has 7 heteroatoms. The van der Waals surface area contributed by atoms with Crippen molar-refractivity contribution in [2.45, 2.75) is 46.2 Å². The maximum absolute atomic E-state index is 12.0. The second kappa shape index (κ2) is 7.60. The zero-order valence-electron chi connectivity index (χ0n) is 11.8. The zero-order valence-corrected chi connectivity index (χ0v) is 11.8. The van der Waals surface area contributed by atoms with Crippen LogP contribution in [-0.4, -0.2) is 35.1 Å². The molecule has 0 radical (unpaired) electrons. The van der Waals surface area contributed by atoms with Gasteiger partial charge >= 0.3 is 12.0 Å². The fourth-order valence-corrected chi connectivity index (χ4v) is 1.64. The van der Waals surface area contributed by atoms with Crippen LogP contribution in [0, 0.1) is 11.8 Å². The summed E-state index contributed by atoms with van der Waals surface area (Å²) < 4.78 is 0. The standard InChI is InChI=1S/C12H23N3O4/c1-6(2)5-8(14-12(13)19)10(16)15-9(7(3)4)11(17)18/h6-9H,5H2,1-4H3,(H,15,16)(H,17,18)(H3,13,14,19)/t8?,9-/m1/s1. The number of nitrogens with one attached hydrogen (secondary N) is 2. The molecule has 19 heavy (non-hydrogen) atoms.